The van der Waals surface area contributed by atoms with Crippen molar-refractivity contribution in [2.45, 2.75) is 101 Å². The van der Waals surface area contributed by atoms with Gasteiger partial charge in [0.1, 0.15) is 5.69 Å². The molecule has 9 nitrogen and oxygen atoms in total. The number of amides is 2. The Kier molecular flexibility index (Phi) is 8.51. The summed E-state index contributed by atoms with van der Waals surface area (Å²) in [5.74, 6) is -7.11. The Morgan fingerprint density at radius 2 is 1.67 bits per heavy atom. The van der Waals surface area contributed by atoms with Crippen LogP contribution in [0.1, 0.15) is 98.0 Å². The van der Waals surface area contributed by atoms with Crippen molar-refractivity contribution in [3.8, 4) is 0 Å². The molecule has 2 amide bonds. The molecular formula is C30H34F7N7O2. The number of hydrogen-bond acceptors (Lipinski definition) is 5. The van der Waals surface area contributed by atoms with Crippen molar-refractivity contribution in [3.63, 3.8) is 0 Å². The molecule has 0 bridgehead atoms. The van der Waals surface area contributed by atoms with Crippen LogP contribution in [0.3, 0.4) is 0 Å². The molecule has 0 aliphatic heterocycles. The molecule has 3 aromatic heterocycles. The van der Waals surface area contributed by atoms with E-state index in [9.17, 15) is 40.3 Å². The van der Waals surface area contributed by atoms with Crippen LogP contribution in [0.2, 0.25) is 0 Å². The van der Waals surface area contributed by atoms with Crippen molar-refractivity contribution >= 4 is 17.5 Å². The molecule has 3 heterocycles. The van der Waals surface area contributed by atoms with Gasteiger partial charge in [0, 0.05) is 44.8 Å². The lowest BCUT2D eigenvalue weighted by Gasteiger charge is -2.34. The second-order valence-corrected chi connectivity index (χ2v) is 12.9. The summed E-state index contributed by atoms with van der Waals surface area (Å²) in [7, 11) is 0. The van der Waals surface area contributed by atoms with Gasteiger partial charge in [-0.1, -0.05) is 0 Å². The summed E-state index contributed by atoms with van der Waals surface area (Å²) in [5, 5.41) is 14.2. The van der Waals surface area contributed by atoms with Crippen molar-refractivity contribution in [3.05, 3.63) is 47.7 Å². The maximum absolute atomic E-state index is 14.0. The molecule has 0 aromatic carbocycles. The second-order valence-electron chi connectivity index (χ2n) is 12.9. The van der Waals surface area contributed by atoms with Crippen molar-refractivity contribution in [2.24, 2.45) is 17.8 Å². The molecule has 46 heavy (non-hydrogen) atoms. The zero-order valence-electron chi connectivity index (χ0n) is 24.7. The van der Waals surface area contributed by atoms with Crippen LogP contribution >= 0.6 is 0 Å². The largest absolute Gasteiger partial charge is 0.390 e. The molecule has 250 valence electrons. The molecule has 1 unspecified atom stereocenters. The normalized spacial score (nSPS) is 21.5. The number of aryl methyl sites for hydroxylation is 1. The van der Waals surface area contributed by atoms with Gasteiger partial charge in [0.2, 0.25) is 17.8 Å². The van der Waals surface area contributed by atoms with Crippen LogP contribution in [0.4, 0.5) is 30.7 Å². The summed E-state index contributed by atoms with van der Waals surface area (Å²) < 4.78 is 95.0. The number of halogens is 7. The SMILES string of the molecule is O=C(CC1CC(F)(F)C1)NC(c1cnn2cc([C@@H](NC(=O)c3ccn(CCC(F)(F)F)n3)C3CCC(F)(F)CC3)nc2c1)C1CC1. The first-order valence-corrected chi connectivity index (χ1v) is 15.4. The van der Waals surface area contributed by atoms with E-state index >= 15 is 0 Å². The minimum atomic E-state index is -4.39. The lowest BCUT2D eigenvalue weighted by molar-refractivity contribution is -0.137. The van der Waals surface area contributed by atoms with E-state index in [-0.39, 0.29) is 74.4 Å². The maximum Gasteiger partial charge on any atom is 0.390 e. The molecular weight excluding hydrogens is 623 g/mol. The smallest absolute Gasteiger partial charge is 0.349 e. The van der Waals surface area contributed by atoms with E-state index in [1.807, 2.05) is 0 Å². The Morgan fingerprint density at radius 1 is 0.978 bits per heavy atom. The van der Waals surface area contributed by atoms with Gasteiger partial charge in [0.25, 0.3) is 5.91 Å². The maximum atomic E-state index is 14.0. The number of nitrogens with one attached hydrogen (secondary N) is 2. The third-order valence-electron chi connectivity index (χ3n) is 9.11. The predicted molar refractivity (Wildman–Crippen MR) is 149 cm³/mol. The number of carbonyl (C=O) groups is 2. The lowest BCUT2D eigenvalue weighted by atomic mass is 9.79. The number of fused-ring (bicyclic) bond motifs is 1. The van der Waals surface area contributed by atoms with Crippen LogP contribution in [0.5, 0.6) is 0 Å². The number of hydrogen-bond donors (Lipinski definition) is 2. The van der Waals surface area contributed by atoms with Gasteiger partial charge in [0.05, 0.1) is 36.6 Å². The molecule has 2 atom stereocenters. The molecule has 0 spiro atoms. The highest BCUT2D eigenvalue weighted by Gasteiger charge is 2.46. The molecule has 3 aliphatic carbocycles. The summed E-state index contributed by atoms with van der Waals surface area (Å²) in [5.41, 5.74) is 1.32. The number of alkyl halides is 7. The molecule has 0 radical (unpaired) electrons. The average molecular weight is 658 g/mol. The Morgan fingerprint density at radius 3 is 2.33 bits per heavy atom. The summed E-state index contributed by atoms with van der Waals surface area (Å²) in [4.78, 5) is 30.6. The van der Waals surface area contributed by atoms with Crippen LogP contribution in [0, 0.1) is 17.8 Å². The fourth-order valence-corrected chi connectivity index (χ4v) is 6.45. The van der Waals surface area contributed by atoms with E-state index in [0.29, 0.717) is 16.9 Å². The molecule has 3 aliphatic rings. The number of aromatic nitrogens is 5. The van der Waals surface area contributed by atoms with Crippen molar-refractivity contribution in [2.75, 3.05) is 0 Å². The summed E-state index contributed by atoms with van der Waals surface area (Å²) >= 11 is 0. The summed E-state index contributed by atoms with van der Waals surface area (Å²) in [6.45, 7) is -0.461. The second kappa shape index (κ2) is 12.1. The first kappa shape index (κ1) is 32.2. The minimum Gasteiger partial charge on any atom is -0.349 e. The number of rotatable bonds is 11. The number of nitrogens with zero attached hydrogens (tertiary/aromatic N) is 5. The quantitative estimate of drug-likeness (QED) is 0.240. The van der Waals surface area contributed by atoms with E-state index in [0.717, 1.165) is 17.5 Å². The Bertz CT molecular complexity index is 1560. The van der Waals surface area contributed by atoms with E-state index in [2.05, 4.69) is 25.8 Å². The third kappa shape index (κ3) is 7.80. The average Bonchev–Trinajstić information content (AvgIpc) is 3.52. The van der Waals surface area contributed by atoms with Gasteiger partial charge in [-0.3, -0.25) is 14.3 Å². The minimum absolute atomic E-state index is 0.0182. The molecule has 2 N–H and O–H groups in total. The summed E-state index contributed by atoms with van der Waals surface area (Å²) in [6, 6.07) is 1.84. The zero-order chi connectivity index (χ0) is 32.9. The van der Waals surface area contributed by atoms with Gasteiger partial charge >= 0.3 is 6.18 Å². The van der Waals surface area contributed by atoms with E-state index < -0.39 is 48.9 Å². The molecule has 16 heteroatoms. The topological polar surface area (TPSA) is 106 Å². The fourth-order valence-electron chi connectivity index (χ4n) is 6.45. The molecule has 3 fully saturated rings. The van der Waals surface area contributed by atoms with Gasteiger partial charge in [-0.25, -0.2) is 27.1 Å². The van der Waals surface area contributed by atoms with Gasteiger partial charge in [0.15, 0.2) is 5.65 Å². The van der Waals surface area contributed by atoms with Crippen LogP contribution in [0.25, 0.3) is 5.65 Å². The third-order valence-corrected chi connectivity index (χ3v) is 9.11. The van der Waals surface area contributed by atoms with Crippen molar-refractivity contribution < 1.29 is 40.3 Å². The molecule has 3 saturated carbocycles. The van der Waals surface area contributed by atoms with Gasteiger partial charge in [-0.2, -0.15) is 23.4 Å². The monoisotopic (exact) mass is 657 g/mol. The lowest BCUT2D eigenvalue weighted by Crippen LogP contribution is -2.39. The molecule has 6 rings (SSSR count). The number of imidazole rings is 1. The Balaban J connectivity index is 1.20. The van der Waals surface area contributed by atoms with E-state index in [4.69, 9.17) is 0 Å². The first-order chi connectivity index (χ1) is 21.6. The Hall–Kier alpha value is -3.72. The van der Waals surface area contributed by atoms with Gasteiger partial charge in [-0.05, 0) is 61.1 Å². The van der Waals surface area contributed by atoms with Crippen molar-refractivity contribution in [1.29, 1.82) is 0 Å². The summed E-state index contributed by atoms with van der Waals surface area (Å²) in [6.07, 6.45) is -0.412. The highest BCUT2D eigenvalue weighted by atomic mass is 19.4. The van der Waals surface area contributed by atoms with E-state index in [1.54, 1.807) is 18.5 Å². The fraction of sp³-hybridized carbons (Fsp3) is 0.633. The number of carbonyl (C=O) groups excluding carboxylic acids is 2. The van der Waals surface area contributed by atoms with Crippen LogP contribution in [-0.4, -0.2) is 54.2 Å². The predicted octanol–water partition coefficient (Wildman–Crippen LogP) is 6.18. The van der Waals surface area contributed by atoms with Crippen LogP contribution < -0.4 is 10.6 Å². The van der Waals surface area contributed by atoms with Crippen molar-refractivity contribution in [1.82, 2.24) is 35.0 Å². The van der Waals surface area contributed by atoms with Gasteiger partial charge in [-0.15, -0.1) is 0 Å². The first-order valence-electron chi connectivity index (χ1n) is 15.4. The highest BCUT2D eigenvalue weighted by Crippen LogP contribution is 2.45. The standard InChI is InChI=1S/C30H34F7N7O2/c31-28(32)6-3-19(4-7-28)26(41-27(46)21-5-9-43(42-21)10-8-30(35,36)37)22-16-44-23(39-22)12-20(15-38-44)25(18-1-2-18)40-24(45)11-17-13-29(33,34)14-17/h5,9,12,15-19,25-26H,1-4,6-8,10-11,13-14H2,(H,40,45)(H,41,46)/t25?,26-/m0/s1. The van der Waals surface area contributed by atoms with Gasteiger partial charge < -0.3 is 10.6 Å². The highest BCUT2D eigenvalue weighted by molar-refractivity contribution is 5.92. The molecule has 0 saturated heterocycles. The molecule has 3 aromatic rings. The van der Waals surface area contributed by atoms with Crippen LogP contribution in [0.15, 0.2) is 30.7 Å². The zero-order valence-corrected chi connectivity index (χ0v) is 24.7. The van der Waals surface area contributed by atoms with E-state index in [1.165, 1.54) is 16.8 Å². The Labute approximate surface area is 259 Å². The van der Waals surface area contributed by atoms with Crippen LogP contribution in [-0.2, 0) is 11.3 Å².